The van der Waals surface area contributed by atoms with Gasteiger partial charge in [-0.2, -0.15) is 0 Å². The Bertz CT molecular complexity index is 649. The van der Waals surface area contributed by atoms with Gasteiger partial charge < -0.3 is 9.80 Å². The molecule has 3 heteroatoms. The van der Waals surface area contributed by atoms with Crippen LogP contribution in [0.4, 0.5) is 11.4 Å². The molecule has 1 heterocycles. The molecule has 0 unspecified atom stereocenters. The van der Waals surface area contributed by atoms with E-state index in [4.69, 9.17) is 0 Å². The third-order valence-corrected chi connectivity index (χ3v) is 5.07. The molecule has 0 aromatic heterocycles. The van der Waals surface area contributed by atoms with Crippen molar-refractivity contribution in [3.8, 4) is 0 Å². The van der Waals surface area contributed by atoms with Crippen LogP contribution in [0.15, 0.2) is 46.2 Å². The molecule has 104 valence electrons. The molecule has 0 saturated heterocycles. The lowest BCUT2D eigenvalue weighted by atomic mass is 10.1. The first-order valence-electron chi connectivity index (χ1n) is 6.85. The number of anilines is 2. The first-order valence-corrected chi connectivity index (χ1v) is 7.67. The Morgan fingerprint density at radius 3 is 2.55 bits per heavy atom. The van der Waals surface area contributed by atoms with Crippen molar-refractivity contribution in [3.05, 3.63) is 47.5 Å². The molecule has 2 aromatic rings. The molecule has 0 fully saturated rings. The van der Waals surface area contributed by atoms with Crippen LogP contribution in [0.1, 0.15) is 11.1 Å². The highest BCUT2D eigenvalue weighted by atomic mass is 32.2. The smallest absolute Gasteiger partial charge is 0.0553 e. The van der Waals surface area contributed by atoms with Gasteiger partial charge in [0.2, 0.25) is 0 Å². The standard InChI is InChI=1S/C17H20N2S/c1-12-13(11-18(2)3)9-10-15-17(12)20-16-8-6-5-7-14(16)19(15)4/h5-10H,11H2,1-4H3. The third-order valence-electron chi connectivity index (χ3n) is 3.78. The van der Waals surface area contributed by atoms with Crippen LogP contribution >= 0.6 is 11.8 Å². The molecular weight excluding hydrogens is 264 g/mol. The van der Waals surface area contributed by atoms with Gasteiger partial charge in [-0.15, -0.1) is 0 Å². The summed E-state index contributed by atoms with van der Waals surface area (Å²) < 4.78 is 0. The number of para-hydroxylation sites is 1. The minimum atomic E-state index is 0.991. The predicted molar refractivity (Wildman–Crippen MR) is 87.2 cm³/mol. The van der Waals surface area contributed by atoms with Crippen LogP contribution in [-0.2, 0) is 6.54 Å². The van der Waals surface area contributed by atoms with E-state index in [0.29, 0.717) is 0 Å². The minimum Gasteiger partial charge on any atom is -0.343 e. The first kappa shape index (κ1) is 13.5. The summed E-state index contributed by atoms with van der Waals surface area (Å²) >= 11 is 1.89. The van der Waals surface area contributed by atoms with Crippen molar-refractivity contribution >= 4 is 23.1 Å². The molecule has 0 aliphatic carbocycles. The van der Waals surface area contributed by atoms with Crippen LogP contribution in [0.5, 0.6) is 0 Å². The highest BCUT2D eigenvalue weighted by Gasteiger charge is 2.22. The zero-order valence-corrected chi connectivity index (χ0v) is 13.3. The summed E-state index contributed by atoms with van der Waals surface area (Å²) in [6.45, 7) is 3.23. The van der Waals surface area contributed by atoms with E-state index < -0.39 is 0 Å². The van der Waals surface area contributed by atoms with Crippen LogP contribution in [-0.4, -0.2) is 26.0 Å². The van der Waals surface area contributed by atoms with Crippen molar-refractivity contribution in [2.24, 2.45) is 0 Å². The fraction of sp³-hybridized carbons (Fsp3) is 0.294. The molecule has 0 bridgehead atoms. The predicted octanol–water partition coefficient (Wildman–Crippen LogP) is 4.29. The normalized spacial score (nSPS) is 13.3. The third kappa shape index (κ3) is 2.21. The van der Waals surface area contributed by atoms with E-state index in [9.17, 15) is 0 Å². The van der Waals surface area contributed by atoms with Gasteiger partial charge in [0.05, 0.1) is 11.4 Å². The lowest BCUT2D eigenvalue weighted by Gasteiger charge is -2.31. The molecule has 0 saturated carbocycles. The number of benzene rings is 2. The van der Waals surface area contributed by atoms with Crippen molar-refractivity contribution in [2.45, 2.75) is 23.3 Å². The van der Waals surface area contributed by atoms with Crippen molar-refractivity contribution < 1.29 is 0 Å². The average molecular weight is 284 g/mol. The van der Waals surface area contributed by atoms with E-state index in [1.54, 1.807) is 0 Å². The monoisotopic (exact) mass is 284 g/mol. The molecule has 2 nitrogen and oxygen atoms in total. The fourth-order valence-corrected chi connectivity index (χ4v) is 3.95. The highest BCUT2D eigenvalue weighted by Crippen LogP contribution is 2.49. The lowest BCUT2D eigenvalue weighted by Crippen LogP contribution is -2.17. The molecule has 20 heavy (non-hydrogen) atoms. The Balaban J connectivity index is 2.09. The van der Waals surface area contributed by atoms with Gasteiger partial charge in [0.15, 0.2) is 0 Å². The number of hydrogen-bond acceptors (Lipinski definition) is 3. The quantitative estimate of drug-likeness (QED) is 0.812. The second-order valence-electron chi connectivity index (χ2n) is 5.56. The van der Waals surface area contributed by atoms with Gasteiger partial charge >= 0.3 is 0 Å². The Kier molecular flexibility index (Phi) is 3.48. The topological polar surface area (TPSA) is 6.48 Å². The summed E-state index contributed by atoms with van der Waals surface area (Å²) in [5.41, 5.74) is 5.43. The number of rotatable bonds is 2. The van der Waals surface area contributed by atoms with Crippen molar-refractivity contribution in [3.63, 3.8) is 0 Å². The minimum absolute atomic E-state index is 0.991. The van der Waals surface area contributed by atoms with Gasteiger partial charge in [0.1, 0.15) is 0 Å². The second kappa shape index (κ2) is 5.15. The summed E-state index contributed by atoms with van der Waals surface area (Å²) in [7, 11) is 6.39. The highest BCUT2D eigenvalue weighted by molar-refractivity contribution is 7.99. The molecule has 0 atom stereocenters. The van der Waals surface area contributed by atoms with Crippen LogP contribution < -0.4 is 4.90 Å². The van der Waals surface area contributed by atoms with E-state index in [1.807, 2.05) is 11.8 Å². The molecule has 3 rings (SSSR count). The fourth-order valence-electron chi connectivity index (χ4n) is 2.68. The molecule has 2 aromatic carbocycles. The van der Waals surface area contributed by atoms with Crippen molar-refractivity contribution in [1.29, 1.82) is 0 Å². The maximum absolute atomic E-state index is 2.30. The van der Waals surface area contributed by atoms with E-state index in [-0.39, 0.29) is 0 Å². The lowest BCUT2D eigenvalue weighted by molar-refractivity contribution is 0.401. The summed E-state index contributed by atoms with van der Waals surface area (Å²) in [5.74, 6) is 0. The number of nitrogens with zero attached hydrogens (tertiary/aromatic N) is 2. The molecule has 0 N–H and O–H groups in total. The van der Waals surface area contributed by atoms with Gasteiger partial charge in [-0.1, -0.05) is 30.0 Å². The average Bonchev–Trinajstić information content (AvgIpc) is 2.42. The van der Waals surface area contributed by atoms with Gasteiger partial charge in [-0.05, 0) is 50.3 Å². The Morgan fingerprint density at radius 2 is 1.80 bits per heavy atom. The SMILES string of the molecule is Cc1c(CN(C)C)ccc2c1Sc1ccccc1N2C. The Labute approximate surface area is 125 Å². The van der Waals surface area contributed by atoms with Crippen LogP contribution in [0.3, 0.4) is 0 Å². The zero-order chi connectivity index (χ0) is 14.3. The summed E-state index contributed by atoms with van der Waals surface area (Å²) in [6.07, 6.45) is 0. The van der Waals surface area contributed by atoms with Crippen molar-refractivity contribution in [2.75, 3.05) is 26.0 Å². The largest absolute Gasteiger partial charge is 0.343 e. The zero-order valence-electron chi connectivity index (χ0n) is 12.5. The van der Waals surface area contributed by atoms with Crippen LogP contribution in [0, 0.1) is 6.92 Å². The second-order valence-corrected chi connectivity index (χ2v) is 6.62. The Morgan fingerprint density at radius 1 is 1.05 bits per heavy atom. The molecular formula is C17H20N2S. The maximum Gasteiger partial charge on any atom is 0.0553 e. The summed E-state index contributed by atoms with van der Waals surface area (Å²) in [6, 6.07) is 13.1. The van der Waals surface area contributed by atoms with Crippen LogP contribution in [0.2, 0.25) is 0 Å². The number of hydrogen-bond donors (Lipinski definition) is 0. The molecule has 0 radical (unpaired) electrons. The van der Waals surface area contributed by atoms with E-state index in [1.165, 1.54) is 32.3 Å². The van der Waals surface area contributed by atoms with Gasteiger partial charge in [0, 0.05) is 23.4 Å². The van der Waals surface area contributed by atoms with Crippen molar-refractivity contribution in [1.82, 2.24) is 4.90 Å². The van der Waals surface area contributed by atoms with Crippen LogP contribution in [0.25, 0.3) is 0 Å². The molecule has 0 amide bonds. The summed E-state index contributed by atoms with van der Waals surface area (Å²) in [4.78, 5) is 7.26. The maximum atomic E-state index is 2.30. The summed E-state index contributed by atoms with van der Waals surface area (Å²) in [5, 5.41) is 0. The van der Waals surface area contributed by atoms with Gasteiger partial charge in [-0.3, -0.25) is 0 Å². The molecule has 1 aliphatic heterocycles. The van der Waals surface area contributed by atoms with E-state index in [0.717, 1.165) is 6.54 Å². The molecule has 0 spiro atoms. The first-order chi connectivity index (χ1) is 9.58. The van der Waals surface area contributed by atoms with Gasteiger partial charge in [-0.25, -0.2) is 0 Å². The van der Waals surface area contributed by atoms with E-state index in [2.05, 4.69) is 74.3 Å². The van der Waals surface area contributed by atoms with Gasteiger partial charge in [0.25, 0.3) is 0 Å². The molecule has 1 aliphatic rings. The van der Waals surface area contributed by atoms with E-state index >= 15 is 0 Å². The Hall–Kier alpha value is -1.45. The number of fused-ring (bicyclic) bond motifs is 2.